The SMILES string of the molecule is CNC(=O)c1nnc(NC(=O)CNC(=O)CCOCCOCCOCCOCCOCCNc2ccc3c(c2)C(=O)N(C2CCC(=O)NC2=O)C3=O)cc1Nc1cccc(-c2ncn(C)n2)c1OC. The molecule has 0 bridgehead atoms. The number of rotatable bonds is 28. The number of carbonyl (C=O) groups excluding carboxylic acids is 7. The van der Waals surface area contributed by atoms with Gasteiger partial charge in [-0.2, -0.15) is 5.10 Å². The number of nitrogens with one attached hydrogen (secondary N) is 6. The molecule has 1 unspecified atom stereocenters. The van der Waals surface area contributed by atoms with Gasteiger partial charge >= 0.3 is 0 Å². The fourth-order valence-electron chi connectivity index (χ4n) is 6.92. The number of ether oxygens (including phenoxy) is 6. The molecule has 368 valence electrons. The fourth-order valence-corrected chi connectivity index (χ4v) is 6.92. The molecule has 1 saturated heterocycles. The number of carbonyl (C=O) groups is 7. The first-order chi connectivity index (χ1) is 33.5. The molecular weight excluding hydrogens is 905 g/mol. The third-order valence-corrected chi connectivity index (χ3v) is 10.3. The number of amides is 7. The van der Waals surface area contributed by atoms with Crippen LogP contribution in [0, 0.1) is 0 Å². The summed E-state index contributed by atoms with van der Waals surface area (Å²) in [6.07, 6.45) is 1.72. The summed E-state index contributed by atoms with van der Waals surface area (Å²) in [5.74, 6) is -2.85. The second-order valence-electron chi connectivity index (χ2n) is 15.1. The Balaban J connectivity index is 0.755. The largest absolute Gasteiger partial charge is 0.494 e. The molecule has 25 nitrogen and oxygen atoms in total. The highest BCUT2D eigenvalue weighted by molar-refractivity contribution is 6.23. The number of hydrogen-bond acceptors (Lipinski definition) is 19. The average Bonchev–Trinajstić information content (AvgIpc) is 3.88. The van der Waals surface area contributed by atoms with Gasteiger partial charge in [0.1, 0.15) is 12.4 Å². The molecule has 1 fully saturated rings. The highest BCUT2D eigenvalue weighted by Gasteiger charge is 2.44. The number of methoxy groups -OCH3 is 1. The normalized spacial score (nSPS) is 14.3. The maximum absolute atomic E-state index is 13.0. The molecule has 2 aromatic carbocycles. The summed E-state index contributed by atoms with van der Waals surface area (Å²) in [6, 6.07) is 10.5. The van der Waals surface area contributed by atoms with Crippen molar-refractivity contribution in [3.8, 4) is 17.1 Å². The monoisotopic (exact) mass is 958 g/mol. The molecule has 2 aromatic heterocycles. The molecule has 25 heteroatoms. The van der Waals surface area contributed by atoms with Crippen LogP contribution in [0.15, 0.2) is 48.8 Å². The Labute approximate surface area is 395 Å². The van der Waals surface area contributed by atoms with E-state index in [1.54, 1.807) is 48.4 Å². The molecule has 4 heterocycles. The van der Waals surface area contributed by atoms with Gasteiger partial charge in [-0.25, -0.2) is 4.98 Å². The minimum Gasteiger partial charge on any atom is -0.494 e. The first-order valence-electron chi connectivity index (χ1n) is 21.9. The van der Waals surface area contributed by atoms with Crippen LogP contribution in [0.4, 0.5) is 22.9 Å². The standard InChI is InChI=1S/C44H54N12O13/c1-45-42(61)38-32(49-31-6-4-5-29(39(31)64-3)40-48-26-55(2)54-40)24-34(52-53-38)50-37(59)25-47-35(57)11-13-65-15-17-67-19-21-69-22-20-68-18-16-66-14-12-46-27-7-8-28-30(23-27)44(63)56(43(28)62)33-9-10-36(58)51-41(33)60/h4-8,23-24,26,33,46H,9-22,25H2,1-3H3,(H,45,61)(H,47,57)(H,51,58,60)(H2,49,50,52,59). The molecule has 6 rings (SSSR count). The van der Waals surface area contributed by atoms with Crippen molar-refractivity contribution in [3.05, 3.63) is 65.6 Å². The van der Waals surface area contributed by atoms with Crippen LogP contribution in [-0.4, -0.2) is 171 Å². The highest BCUT2D eigenvalue weighted by Crippen LogP contribution is 2.37. The van der Waals surface area contributed by atoms with Crippen molar-refractivity contribution < 1.29 is 62.0 Å². The molecule has 0 saturated carbocycles. The Hall–Kier alpha value is -7.45. The third kappa shape index (κ3) is 14.3. The van der Waals surface area contributed by atoms with Gasteiger partial charge in [-0.05, 0) is 36.8 Å². The lowest BCUT2D eigenvalue weighted by Gasteiger charge is -2.27. The predicted molar refractivity (Wildman–Crippen MR) is 244 cm³/mol. The summed E-state index contributed by atoms with van der Waals surface area (Å²) < 4.78 is 34.8. The zero-order valence-corrected chi connectivity index (χ0v) is 38.3. The van der Waals surface area contributed by atoms with Crippen LogP contribution >= 0.6 is 0 Å². The van der Waals surface area contributed by atoms with Crippen LogP contribution in [0.2, 0.25) is 0 Å². The number of nitrogens with zero attached hydrogens (tertiary/aromatic N) is 6. The summed E-state index contributed by atoms with van der Waals surface area (Å²) in [5, 5.41) is 28.4. The van der Waals surface area contributed by atoms with Gasteiger partial charge in [0.2, 0.25) is 23.6 Å². The number of hydrogen-bond donors (Lipinski definition) is 6. The van der Waals surface area contributed by atoms with E-state index >= 15 is 0 Å². The lowest BCUT2D eigenvalue weighted by molar-refractivity contribution is -0.136. The van der Waals surface area contributed by atoms with Crippen LogP contribution in [0.3, 0.4) is 0 Å². The molecule has 1 atom stereocenters. The van der Waals surface area contributed by atoms with E-state index in [1.165, 1.54) is 26.3 Å². The molecule has 2 aliphatic rings. The van der Waals surface area contributed by atoms with Gasteiger partial charge in [0.05, 0.1) is 108 Å². The molecule has 0 aliphatic carbocycles. The van der Waals surface area contributed by atoms with E-state index < -0.39 is 47.4 Å². The van der Waals surface area contributed by atoms with Crippen LogP contribution in [0.1, 0.15) is 50.5 Å². The van der Waals surface area contributed by atoms with Gasteiger partial charge in [-0.15, -0.1) is 10.2 Å². The minimum absolute atomic E-state index is 0.0143. The van der Waals surface area contributed by atoms with Crippen molar-refractivity contribution in [2.75, 3.05) is 109 Å². The number of para-hydroxylation sites is 1. The van der Waals surface area contributed by atoms with Crippen molar-refractivity contribution in [2.45, 2.75) is 25.3 Å². The Morgan fingerprint density at radius 2 is 1.46 bits per heavy atom. The Morgan fingerprint density at radius 3 is 2.12 bits per heavy atom. The number of aryl methyl sites for hydroxylation is 1. The van der Waals surface area contributed by atoms with E-state index in [9.17, 15) is 33.6 Å². The number of benzene rings is 2. The zero-order valence-electron chi connectivity index (χ0n) is 38.3. The van der Waals surface area contributed by atoms with E-state index in [1.807, 2.05) is 0 Å². The zero-order chi connectivity index (χ0) is 49.1. The van der Waals surface area contributed by atoms with Gasteiger partial charge in [0, 0.05) is 45.2 Å². The van der Waals surface area contributed by atoms with Crippen LogP contribution in [0.5, 0.6) is 5.75 Å². The lowest BCUT2D eigenvalue weighted by atomic mass is 10.0. The topological polar surface area (TPSA) is 307 Å². The first-order valence-corrected chi connectivity index (χ1v) is 21.9. The molecular formula is C44H54N12O13. The maximum atomic E-state index is 13.0. The smallest absolute Gasteiger partial charge is 0.273 e. The predicted octanol–water partition coefficient (Wildman–Crippen LogP) is 0.425. The summed E-state index contributed by atoms with van der Waals surface area (Å²) in [4.78, 5) is 92.5. The van der Waals surface area contributed by atoms with Crippen LogP contribution in [-0.2, 0) is 49.9 Å². The Bertz CT molecular complexity index is 2480. The fraction of sp³-hybridized carbons (Fsp3) is 0.432. The van der Waals surface area contributed by atoms with E-state index in [0.717, 1.165) is 4.90 Å². The van der Waals surface area contributed by atoms with Crippen molar-refractivity contribution >= 4 is 64.2 Å². The maximum Gasteiger partial charge on any atom is 0.273 e. The Morgan fingerprint density at radius 1 is 0.783 bits per heavy atom. The van der Waals surface area contributed by atoms with Crippen molar-refractivity contribution in [1.29, 1.82) is 0 Å². The quantitative estimate of drug-likeness (QED) is 0.0332. The number of anilines is 4. The van der Waals surface area contributed by atoms with Gasteiger partial charge in [-0.1, -0.05) is 6.07 Å². The second kappa shape index (κ2) is 25.6. The minimum atomic E-state index is -1.02. The molecule has 7 amide bonds. The number of aromatic nitrogens is 5. The molecule has 6 N–H and O–H groups in total. The summed E-state index contributed by atoms with van der Waals surface area (Å²) in [5.41, 5.74) is 2.26. The van der Waals surface area contributed by atoms with Gasteiger partial charge in [0.15, 0.2) is 23.1 Å². The number of piperidine rings is 1. The van der Waals surface area contributed by atoms with E-state index in [-0.39, 0.29) is 67.3 Å². The van der Waals surface area contributed by atoms with Gasteiger partial charge in [-0.3, -0.25) is 48.5 Å². The first kappa shape index (κ1) is 51.0. The number of imide groups is 2. The lowest BCUT2D eigenvalue weighted by Crippen LogP contribution is -2.54. The Kier molecular flexibility index (Phi) is 18.9. The molecule has 0 radical (unpaired) electrons. The van der Waals surface area contributed by atoms with Crippen LogP contribution < -0.4 is 36.6 Å². The molecule has 0 spiro atoms. The summed E-state index contributed by atoms with van der Waals surface area (Å²) in [6.45, 7) is 3.23. The molecule has 69 heavy (non-hydrogen) atoms. The van der Waals surface area contributed by atoms with Crippen molar-refractivity contribution in [2.24, 2.45) is 7.05 Å². The third-order valence-electron chi connectivity index (χ3n) is 10.3. The average molecular weight is 959 g/mol. The number of fused-ring (bicyclic) bond motifs is 1. The highest BCUT2D eigenvalue weighted by atomic mass is 16.6. The summed E-state index contributed by atoms with van der Waals surface area (Å²) >= 11 is 0. The van der Waals surface area contributed by atoms with E-state index in [2.05, 4.69) is 52.2 Å². The molecule has 4 aromatic rings. The van der Waals surface area contributed by atoms with Gasteiger partial charge < -0.3 is 55.0 Å². The van der Waals surface area contributed by atoms with Crippen molar-refractivity contribution in [3.63, 3.8) is 0 Å². The van der Waals surface area contributed by atoms with Gasteiger partial charge in [0.25, 0.3) is 17.7 Å². The van der Waals surface area contributed by atoms with E-state index in [0.29, 0.717) is 87.9 Å². The summed E-state index contributed by atoms with van der Waals surface area (Å²) in [7, 11) is 4.68. The second-order valence-corrected chi connectivity index (χ2v) is 15.1. The molecule has 2 aliphatic heterocycles. The van der Waals surface area contributed by atoms with Crippen molar-refractivity contribution in [1.82, 2.24) is 45.8 Å². The van der Waals surface area contributed by atoms with E-state index in [4.69, 9.17) is 28.4 Å². The van der Waals surface area contributed by atoms with Crippen LogP contribution in [0.25, 0.3) is 11.4 Å².